The maximum absolute atomic E-state index is 10.2. The van der Waals surface area contributed by atoms with Crippen molar-refractivity contribution in [2.45, 2.75) is 4.21 Å². The van der Waals surface area contributed by atoms with Gasteiger partial charge in [0, 0.05) is 0 Å². The van der Waals surface area contributed by atoms with Crippen molar-refractivity contribution in [2.75, 3.05) is 0 Å². The fraction of sp³-hybridized carbons (Fsp3) is 0. The summed E-state index contributed by atoms with van der Waals surface area (Å²) in [6.07, 6.45) is 0. The van der Waals surface area contributed by atoms with Crippen molar-refractivity contribution < 1.29 is 39.7 Å². The third-order valence-corrected chi connectivity index (χ3v) is 2.53. The number of hydrogen-bond acceptors (Lipinski definition) is 2. The Balaban J connectivity index is 0. The van der Waals surface area contributed by atoms with Gasteiger partial charge in [0.15, 0.2) is 11.1 Å². The molecule has 5 heteroatoms. The van der Waals surface area contributed by atoms with Crippen LogP contribution in [0.2, 0.25) is 0 Å². The van der Waals surface area contributed by atoms with Gasteiger partial charge in [0.2, 0.25) is 0 Å². The van der Waals surface area contributed by atoms with Gasteiger partial charge in [0.25, 0.3) is 0 Å². The van der Waals surface area contributed by atoms with Crippen LogP contribution < -0.4 is 29.6 Å². The van der Waals surface area contributed by atoms with E-state index in [1.165, 1.54) is 11.3 Å². The summed E-state index contributed by atoms with van der Waals surface area (Å²) < 4.78 is 19.1. The number of thiophene rings is 1. The van der Waals surface area contributed by atoms with Crippen LogP contribution in [0, 0.1) is 0 Å². The van der Waals surface area contributed by atoms with Gasteiger partial charge in [-0.05, 0) is 11.4 Å². The van der Waals surface area contributed by atoms with Crippen LogP contribution in [-0.4, -0.2) is 8.76 Å². The summed E-state index contributed by atoms with van der Waals surface area (Å²) >= 11 is -0.498. The second-order valence-electron chi connectivity index (χ2n) is 1.18. The Kier molecular flexibility index (Phi) is 5.01. The van der Waals surface area contributed by atoms with E-state index in [2.05, 4.69) is 0 Å². The summed E-state index contributed by atoms with van der Waals surface area (Å²) in [6.45, 7) is 0. The first kappa shape index (κ1) is 9.81. The molecule has 1 N–H and O–H groups in total. The van der Waals surface area contributed by atoms with E-state index in [1.54, 1.807) is 17.5 Å². The largest absolute Gasteiger partial charge is 1.00 e. The summed E-state index contributed by atoms with van der Waals surface area (Å²) in [5.41, 5.74) is 0. The minimum Gasteiger partial charge on any atom is -1.00 e. The summed E-state index contributed by atoms with van der Waals surface area (Å²) in [5, 5.41) is 1.77. The van der Waals surface area contributed by atoms with Gasteiger partial charge in [0.05, 0.1) is 0 Å². The van der Waals surface area contributed by atoms with Gasteiger partial charge in [-0.15, -0.1) is 11.3 Å². The molecule has 1 rings (SSSR count). The molecule has 0 aliphatic heterocycles. The van der Waals surface area contributed by atoms with E-state index < -0.39 is 11.1 Å². The summed E-state index contributed by atoms with van der Waals surface area (Å²) in [6, 6.07) is 3.37. The fourth-order valence-electron chi connectivity index (χ4n) is 0.363. The van der Waals surface area contributed by atoms with E-state index in [1.807, 2.05) is 0 Å². The molecule has 0 saturated heterocycles. The Morgan fingerprint density at radius 3 is 2.67 bits per heavy atom. The number of hydrogen-bond donors (Lipinski definition) is 1. The van der Waals surface area contributed by atoms with Crippen molar-refractivity contribution in [3.63, 3.8) is 0 Å². The van der Waals surface area contributed by atoms with E-state index in [0.29, 0.717) is 4.21 Å². The molecule has 0 aromatic carbocycles. The molecule has 9 heavy (non-hydrogen) atoms. The molecule has 46 valence electrons. The Hall–Kier alpha value is 0.810. The Morgan fingerprint density at radius 1 is 1.78 bits per heavy atom. The molecule has 0 fully saturated rings. The summed E-state index contributed by atoms with van der Waals surface area (Å²) in [4.78, 5) is 0. The zero-order valence-electron chi connectivity index (χ0n) is 5.90. The third-order valence-electron chi connectivity index (χ3n) is 0.667. The molecular weight excluding hydrogens is 167 g/mol. The molecule has 1 aromatic rings. The second-order valence-corrected chi connectivity index (χ2v) is 3.33. The quantitative estimate of drug-likeness (QED) is 0.411. The standard InChI is InChI=1S/C4H4O2S2.Na.H/c5-8(6)4-2-1-3-7-4;;/h1-3H,(H,5,6);;/q;+1;-1. The van der Waals surface area contributed by atoms with E-state index in [-0.39, 0.29) is 31.0 Å². The van der Waals surface area contributed by atoms with Gasteiger partial charge in [-0.1, -0.05) is 6.07 Å². The molecule has 1 aromatic heterocycles. The van der Waals surface area contributed by atoms with Crippen molar-refractivity contribution in [3.05, 3.63) is 17.5 Å². The van der Waals surface area contributed by atoms with E-state index >= 15 is 0 Å². The predicted molar refractivity (Wildman–Crippen MR) is 34.5 cm³/mol. The molecule has 0 aliphatic rings. The van der Waals surface area contributed by atoms with Crippen LogP contribution in [0.15, 0.2) is 21.7 Å². The van der Waals surface area contributed by atoms with Crippen molar-refractivity contribution in [1.82, 2.24) is 0 Å². The molecule has 1 unspecified atom stereocenters. The number of rotatable bonds is 1. The predicted octanol–water partition coefficient (Wildman–Crippen LogP) is -1.55. The van der Waals surface area contributed by atoms with Crippen LogP contribution in [0.5, 0.6) is 0 Å². The smallest absolute Gasteiger partial charge is 1.00 e. The van der Waals surface area contributed by atoms with Gasteiger partial charge in [-0.25, -0.2) is 4.21 Å². The van der Waals surface area contributed by atoms with Gasteiger partial charge in [-0.2, -0.15) is 0 Å². The molecule has 1 atom stereocenters. The minimum absolute atomic E-state index is 0. The summed E-state index contributed by atoms with van der Waals surface area (Å²) in [5.74, 6) is 0. The fourth-order valence-corrected chi connectivity index (χ4v) is 1.50. The van der Waals surface area contributed by atoms with Crippen molar-refractivity contribution >= 4 is 22.4 Å². The third kappa shape index (κ3) is 2.93. The van der Waals surface area contributed by atoms with Crippen LogP contribution in [0.3, 0.4) is 0 Å². The van der Waals surface area contributed by atoms with Gasteiger partial charge in [0.1, 0.15) is 4.21 Å². The van der Waals surface area contributed by atoms with Crippen molar-refractivity contribution in [3.8, 4) is 0 Å². The van der Waals surface area contributed by atoms with Crippen LogP contribution in [0.1, 0.15) is 1.43 Å². The van der Waals surface area contributed by atoms with Gasteiger partial charge < -0.3 is 5.98 Å². The van der Waals surface area contributed by atoms with E-state index in [0.717, 1.165) is 0 Å². The average Bonchev–Trinajstić information content (AvgIpc) is 2.12. The van der Waals surface area contributed by atoms with Crippen molar-refractivity contribution in [1.29, 1.82) is 0 Å². The second kappa shape index (κ2) is 4.60. The first-order chi connectivity index (χ1) is 3.80. The van der Waals surface area contributed by atoms with E-state index in [4.69, 9.17) is 4.55 Å². The van der Waals surface area contributed by atoms with Crippen LogP contribution in [-0.2, 0) is 11.1 Å². The first-order valence-corrected chi connectivity index (χ1v) is 3.93. The maximum atomic E-state index is 10.2. The molecule has 0 radical (unpaired) electrons. The molecule has 0 aliphatic carbocycles. The monoisotopic (exact) mass is 172 g/mol. The molecule has 0 bridgehead atoms. The Labute approximate surface area is 83.3 Å². The molecule has 0 saturated carbocycles. The van der Waals surface area contributed by atoms with E-state index in [9.17, 15) is 4.21 Å². The maximum Gasteiger partial charge on any atom is 1.00 e. The van der Waals surface area contributed by atoms with Gasteiger partial charge in [-0.3, -0.25) is 0 Å². The summed E-state index contributed by atoms with van der Waals surface area (Å²) in [7, 11) is 0. The van der Waals surface area contributed by atoms with Crippen LogP contribution in [0.25, 0.3) is 0 Å². The molecule has 2 nitrogen and oxygen atoms in total. The topological polar surface area (TPSA) is 37.3 Å². The molecule has 0 spiro atoms. The zero-order chi connectivity index (χ0) is 5.98. The molecule has 1 heterocycles. The Morgan fingerprint density at radius 2 is 2.44 bits per heavy atom. The normalized spacial score (nSPS) is 12.1. The minimum atomic E-state index is -1.78. The first-order valence-electron chi connectivity index (χ1n) is 1.95. The van der Waals surface area contributed by atoms with Crippen LogP contribution >= 0.6 is 11.3 Å². The molecule has 0 amide bonds. The SMILES string of the molecule is O=S(O)c1cccs1.[H-].[Na+]. The van der Waals surface area contributed by atoms with Gasteiger partial charge >= 0.3 is 29.6 Å². The van der Waals surface area contributed by atoms with Crippen molar-refractivity contribution in [2.24, 2.45) is 0 Å². The average molecular weight is 172 g/mol. The molecular formula is C4H5NaO2S2. The Bertz CT molecular complexity index is 189. The zero-order valence-corrected chi connectivity index (χ0v) is 8.54. The van der Waals surface area contributed by atoms with Crippen LogP contribution in [0.4, 0.5) is 0 Å².